The highest BCUT2D eigenvalue weighted by Gasteiger charge is 2.08. The van der Waals surface area contributed by atoms with Crippen LogP contribution >= 0.6 is 22.9 Å². The fraction of sp³-hybridized carbons (Fsp3) is 0.214. The Morgan fingerprint density at radius 3 is 2.76 bits per heavy atom. The lowest BCUT2D eigenvalue weighted by Crippen LogP contribution is -2.27. The van der Waals surface area contributed by atoms with Gasteiger partial charge in [-0.1, -0.05) is 29.8 Å². The summed E-state index contributed by atoms with van der Waals surface area (Å²) in [5.74, 6) is -0.414. The van der Waals surface area contributed by atoms with E-state index in [1.165, 1.54) is 17.4 Å². The number of halogens is 1. The van der Waals surface area contributed by atoms with Crippen molar-refractivity contribution in [2.75, 3.05) is 18.6 Å². The summed E-state index contributed by atoms with van der Waals surface area (Å²) < 4.78 is 23.0. The molecule has 4 nitrogen and oxygen atoms in total. The van der Waals surface area contributed by atoms with Crippen LogP contribution in [0.3, 0.4) is 0 Å². The number of sulfone groups is 1. The van der Waals surface area contributed by atoms with Crippen LogP contribution in [0.15, 0.2) is 30.3 Å². The van der Waals surface area contributed by atoms with E-state index in [2.05, 4.69) is 5.32 Å². The molecule has 0 aliphatic rings. The first-order valence-corrected chi connectivity index (χ1v) is 9.43. The molecule has 0 spiro atoms. The Bertz CT molecular complexity index is 794. The predicted molar refractivity (Wildman–Crippen MR) is 88.6 cm³/mol. The van der Waals surface area contributed by atoms with E-state index in [9.17, 15) is 13.2 Å². The summed E-state index contributed by atoms with van der Waals surface area (Å²) in [6.45, 7) is 0.0994. The number of thiophene rings is 1. The first-order valence-electron chi connectivity index (χ1n) is 6.17. The SMILES string of the molecule is CS(=O)(=O)CCNC(=O)/C=C/c1sc2ccccc2c1Cl. The second-order valence-electron chi connectivity index (χ2n) is 4.53. The van der Waals surface area contributed by atoms with E-state index in [0.29, 0.717) is 5.02 Å². The summed E-state index contributed by atoms with van der Waals surface area (Å²) in [4.78, 5) is 12.4. The van der Waals surface area contributed by atoms with Crippen molar-refractivity contribution in [1.29, 1.82) is 0 Å². The maximum Gasteiger partial charge on any atom is 0.244 e. The highest BCUT2D eigenvalue weighted by molar-refractivity contribution is 7.90. The van der Waals surface area contributed by atoms with Gasteiger partial charge in [0.15, 0.2) is 0 Å². The molecule has 1 N–H and O–H groups in total. The smallest absolute Gasteiger partial charge is 0.244 e. The Morgan fingerprint density at radius 2 is 2.10 bits per heavy atom. The molecular weight excluding hydrogens is 330 g/mol. The fourth-order valence-electron chi connectivity index (χ4n) is 1.71. The molecule has 2 aromatic rings. The summed E-state index contributed by atoms with van der Waals surface area (Å²) in [6, 6.07) is 7.74. The van der Waals surface area contributed by atoms with Crippen LogP contribution in [0.2, 0.25) is 5.02 Å². The Kier molecular flexibility index (Phi) is 5.03. The number of carbonyl (C=O) groups excluding carboxylic acids is 1. The van der Waals surface area contributed by atoms with Crippen LogP contribution in [0.5, 0.6) is 0 Å². The summed E-state index contributed by atoms with van der Waals surface area (Å²) in [5, 5.41) is 4.10. The Hall–Kier alpha value is -1.37. The lowest BCUT2D eigenvalue weighted by Gasteiger charge is -1.99. The van der Waals surface area contributed by atoms with E-state index in [4.69, 9.17) is 11.6 Å². The molecule has 0 unspecified atom stereocenters. The highest BCUT2D eigenvalue weighted by Crippen LogP contribution is 2.35. The molecule has 1 aromatic heterocycles. The molecule has 0 bridgehead atoms. The van der Waals surface area contributed by atoms with Crippen molar-refractivity contribution < 1.29 is 13.2 Å². The van der Waals surface area contributed by atoms with Crippen LogP contribution in [0.1, 0.15) is 4.88 Å². The molecule has 2 rings (SSSR count). The van der Waals surface area contributed by atoms with E-state index in [1.54, 1.807) is 6.08 Å². The maximum atomic E-state index is 11.6. The first kappa shape index (κ1) is 16.0. The van der Waals surface area contributed by atoms with Crippen molar-refractivity contribution in [2.24, 2.45) is 0 Å². The average molecular weight is 344 g/mol. The Labute approximate surface area is 132 Å². The molecule has 0 radical (unpaired) electrons. The minimum Gasteiger partial charge on any atom is -0.352 e. The average Bonchev–Trinajstić information content (AvgIpc) is 2.72. The number of hydrogen-bond donors (Lipinski definition) is 1. The minimum atomic E-state index is -3.07. The summed E-state index contributed by atoms with van der Waals surface area (Å²) >= 11 is 7.75. The monoisotopic (exact) mass is 343 g/mol. The number of amides is 1. The van der Waals surface area contributed by atoms with Gasteiger partial charge in [-0.3, -0.25) is 4.79 Å². The van der Waals surface area contributed by atoms with Gasteiger partial charge in [0.2, 0.25) is 5.91 Å². The van der Waals surface area contributed by atoms with Gasteiger partial charge in [-0.05, 0) is 12.1 Å². The van der Waals surface area contributed by atoms with Gasteiger partial charge in [-0.15, -0.1) is 11.3 Å². The van der Waals surface area contributed by atoms with Gasteiger partial charge in [-0.2, -0.15) is 0 Å². The van der Waals surface area contributed by atoms with Gasteiger partial charge in [0.05, 0.1) is 10.8 Å². The van der Waals surface area contributed by atoms with Crippen molar-refractivity contribution >= 4 is 54.8 Å². The van der Waals surface area contributed by atoms with Gasteiger partial charge >= 0.3 is 0 Å². The Morgan fingerprint density at radius 1 is 1.38 bits per heavy atom. The molecule has 0 aliphatic heterocycles. The molecule has 0 saturated heterocycles. The van der Waals surface area contributed by atoms with Crippen molar-refractivity contribution in [3.05, 3.63) is 40.2 Å². The molecular formula is C14H14ClNO3S2. The number of nitrogens with one attached hydrogen (secondary N) is 1. The normalized spacial score (nSPS) is 12.1. The van der Waals surface area contributed by atoms with Gasteiger partial charge in [-0.25, -0.2) is 8.42 Å². The molecule has 1 heterocycles. The summed E-state index contributed by atoms with van der Waals surface area (Å²) in [6.07, 6.45) is 4.13. The Balaban J connectivity index is 2.02. The van der Waals surface area contributed by atoms with Crippen LogP contribution in [-0.2, 0) is 14.6 Å². The van der Waals surface area contributed by atoms with E-state index >= 15 is 0 Å². The zero-order valence-electron chi connectivity index (χ0n) is 11.3. The minimum absolute atomic E-state index is 0.0732. The molecule has 112 valence electrons. The van der Waals surface area contributed by atoms with Gasteiger partial charge in [0.25, 0.3) is 0 Å². The largest absolute Gasteiger partial charge is 0.352 e. The van der Waals surface area contributed by atoms with Gasteiger partial charge in [0, 0.05) is 33.8 Å². The van der Waals surface area contributed by atoms with E-state index in [-0.39, 0.29) is 18.2 Å². The van der Waals surface area contributed by atoms with Crippen molar-refractivity contribution in [3.8, 4) is 0 Å². The predicted octanol–water partition coefficient (Wildman–Crippen LogP) is 2.73. The number of fused-ring (bicyclic) bond motifs is 1. The quantitative estimate of drug-likeness (QED) is 0.849. The fourth-order valence-corrected chi connectivity index (χ4v) is 3.58. The molecule has 7 heteroatoms. The molecule has 0 fully saturated rings. The second-order valence-corrected chi connectivity index (χ2v) is 8.25. The molecule has 0 atom stereocenters. The topological polar surface area (TPSA) is 63.2 Å². The molecule has 0 aliphatic carbocycles. The van der Waals surface area contributed by atoms with Gasteiger partial charge in [0.1, 0.15) is 9.84 Å². The van der Waals surface area contributed by atoms with Crippen LogP contribution < -0.4 is 5.32 Å². The van der Waals surface area contributed by atoms with E-state index < -0.39 is 9.84 Å². The maximum absolute atomic E-state index is 11.6. The zero-order chi connectivity index (χ0) is 15.5. The molecule has 1 aromatic carbocycles. The highest BCUT2D eigenvalue weighted by atomic mass is 35.5. The van der Waals surface area contributed by atoms with Crippen LogP contribution in [0.4, 0.5) is 0 Å². The van der Waals surface area contributed by atoms with Crippen LogP contribution in [0, 0.1) is 0 Å². The van der Waals surface area contributed by atoms with Crippen molar-refractivity contribution in [1.82, 2.24) is 5.32 Å². The first-order chi connectivity index (χ1) is 9.87. The number of carbonyl (C=O) groups is 1. The lowest BCUT2D eigenvalue weighted by atomic mass is 10.2. The van der Waals surface area contributed by atoms with Crippen molar-refractivity contribution in [2.45, 2.75) is 0 Å². The molecule has 0 saturated carbocycles. The summed E-state index contributed by atoms with van der Waals surface area (Å²) in [5.41, 5.74) is 0. The van der Waals surface area contributed by atoms with E-state index in [0.717, 1.165) is 21.2 Å². The molecule has 1 amide bonds. The third kappa shape index (κ3) is 4.56. The second kappa shape index (κ2) is 6.60. The third-order valence-electron chi connectivity index (χ3n) is 2.72. The summed E-state index contributed by atoms with van der Waals surface area (Å²) in [7, 11) is -3.07. The zero-order valence-corrected chi connectivity index (χ0v) is 13.7. The standard InChI is InChI=1S/C14H14ClNO3S2/c1-21(18,19)9-8-16-13(17)7-6-12-14(15)10-4-2-3-5-11(10)20-12/h2-7H,8-9H2,1H3,(H,16,17)/b7-6+. The van der Waals surface area contributed by atoms with Crippen molar-refractivity contribution in [3.63, 3.8) is 0 Å². The number of rotatable bonds is 5. The lowest BCUT2D eigenvalue weighted by molar-refractivity contribution is -0.116. The van der Waals surface area contributed by atoms with Crippen LogP contribution in [0.25, 0.3) is 16.2 Å². The molecule has 21 heavy (non-hydrogen) atoms. The van der Waals surface area contributed by atoms with E-state index in [1.807, 2.05) is 24.3 Å². The number of benzene rings is 1. The third-order valence-corrected chi connectivity index (χ3v) is 5.32. The van der Waals surface area contributed by atoms with Crippen LogP contribution in [-0.4, -0.2) is 32.9 Å². The van der Waals surface area contributed by atoms with Gasteiger partial charge < -0.3 is 5.32 Å². The number of hydrogen-bond acceptors (Lipinski definition) is 4.